The van der Waals surface area contributed by atoms with Gasteiger partial charge in [0.2, 0.25) is 0 Å². The zero-order valence-corrected chi connectivity index (χ0v) is 5.14. The summed E-state index contributed by atoms with van der Waals surface area (Å²) in [6.45, 7) is 0. The summed E-state index contributed by atoms with van der Waals surface area (Å²) in [6.07, 6.45) is 5.58. The molecule has 1 N–H and O–H groups in total. The van der Waals surface area contributed by atoms with Gasteiger partial charge in [-0.2, -0.15) is 0 Å². The molecule has 45 valence electrons. The fraction of sp³-hybridized carbons (Fsp3) is 1.00. The van der Waals surface area contributed by atoms with Crippen LogP contribution in [0, 0.1) is 0 Å². The first-order valence-electron chi connectivity index (χ1n) is 3.39. The molecule has 0 aromatic heterocycles. The summed E-state index contributed by atoms with van der Waals surface area (Å²) in [5.74, 6) is 0. The van der Waals surface area contributed by atoms with E-state index in [1.54, 1.807) is 0 Å². The Hall–Kier alpha value is 0.0249. The highest BCUT2D eigenvalue weighted by Gasteiger charge is 2.07. The van der Waals surface area contributed by atoms with E-state index < -0.39 is 0 Å². The van der Waals surface area contributed by atoms with E-state index in [2.05, 4.69) is 7.28 Å². The Kier molecular flexibility index (Phi) is 2.41. The first-order valence-corrected chi connectivity index (χ1v) is 3.39. The maximum absolute atomic E-state index is 9.06. The Morgan fingerprint density at radius 1 is 1.38 bits per heavy atom. The predicted octanol–water partition coefficient (Wildman–Crippen LogP) is 1.07. The van der Waals surface area contributed by atoms with Gasteiger partial charge in [-0.15, -0.1) is 0 Å². The topological polar surface area (TPSA) is 20.2 Å². The van der Waals surface area contributed by atoms with Crippen molar-refractivity contribution < 1.29 is 5.11 Å². The van der Waals surface area contributed by atoms with Crippen LogP contribution < -0.4 is 0 Å². The lowest BCUT2D eigenvalue weighted by atomic mass is 9.70. The molecule has 1 fully saturated rings. The normalized spacial score (nSPS) is 30.9. The molecule has 2 heteroatoms. The first kappa shape index (κ1) is 6.15. The van der Waals surface area contributed by atoms with Crippen LogP contribution in [-0.2, 0) is 0 Å². The Morgan fingerprint density at radius 2 is 2.25 bits per heavy atom. The maximum Gasteiger partial charge on any atom is 0.112 e. The number of aliphatic hydroxyl groups excluding tert-OH is 1. The van der Waals surface area contributed by atoms with Crippen molar-refractivity contribution in [1.82, 2.24) is 0 Å². The molecule has 1 rings (SSSR count). The minimum Gasteiger partial charge on any atom is -0.394 e. The summed E-state index contributed by atoms with van der Waals surface area (Å²) in [7, 11) is 2.19. The summed E-state index contributed by atoms with van der Waals surface area (Å²) >= 11 is 0. The molecule has 1 radical (unpaired) electrons. The smallest absolute Gasteiger partial charge is 0.112 e. The maximum atomic E-state index is 9.06. The van der Waals surface area contributed by atoms with Crippen molar-refractivity contribution in [3.8, 4) is 0 Å². The summed E-state index contributed by atoms with van der Waals surface area (Å²) < 4.78 is 0. The molecule has 0 aromatic rings. The van der Waals surface area contributed by atoms with Crippen molar-refractivity contribution in [2.75, 3.05) is 0 Å². The Balaban J connectivity index is 2.17. The Labute approximate surface area is 51.3 Å². The van der Waals surface area contributed by atoms with Crippen LogP contribution in [0.4, 0.5) is 0 Å². The molecular formula is C6H12BO. The zero-order chi connectivity index (χ0) is 5.82. The second kappa shape index (κ2) is 3.13. The monoisotopic (exact) mass is 111 g/mol. The van der Waals surface area contributed by atoms with Gasteiger partial charge in [-0.1, -0.05) is 25.5 Å². The van der Waals surface area contributed by atoms with E-state index in [0.29, 0.717) is 0 Å². The van der Waals surface area contributed by atoms with Crippen LogP contribution in [0.15, 0.2) is 0 Å². The number of hydrogen-bond acceptors (Lipinski definition) is 1. The third kappa shape index (κ3) is 1.87. The van der Waals surface area contributed by atoms with Crippen LogP contribution in [0.3, 0.4) is 0 Å². The highest BCUT2D eigenvalue weighted by molar-refractivity contribution is 6.35. The quantitative estimate of drug-likeness (QED) is 0.463. The van der Waals surface area contributed by atoms with Gasteiger partial charge in [-0.3, -0.25) is 0 Å². The molecule has 1 unspecified atom stereocenters. The Morgan fingerprint density at radius 3 is 3.12 bits per heavy atom. The molecule has 0 aromatic carbocycles. The molecule has 0 bridgehead atoms. The fourth-order valence-electron chi connectivity index (χ4n) is 1.10. The first-order chi connectivity index (χ1) is 3.89. The molecule has 0 amide bonds. The van der Waals surface area contributed by atoms with Crippen LogP contribution in [-0.4, -0.2) is 18.5 Å². The minimum absolute atomic E-state index is 0.0301. The van der Waals surface area contributed by atoms with E-state index in [-0.39, 0.29) is 6.10 Å². The highest BCUT2D eigenvalue weighted by atomic mass is 16.3. The van der Waals surface area contributed by atoms with E-state index in [4.69, 9.17) is 5.11 Å². The minimum atomic E-state index is -0.0301. The third-order valence-electron chi connectivity index (χ3n) is 1.63. The lowest BCUT2D eigenvalue weighted by Crippen LogP contribution is -2.04. The van der Waals surface area contributed by atoms with Gasteiger partial charge < -0.3 is 5.11 Å². The van der Waals surface area contributed by atoms with Crippen LogP contribution in [0.1, 0.15) is 19.3 Å². The second-order valence-electron chi connectivity index (χ2n) is 2.46. The summed E-state index contributed by atoms with van der Waals surface area (Å²) in [6, 6.07) is 0. The highest BCUT2D eigenvalue weighted by Crippen LogP contribution is 2.12. The van der Waals surface area contributed by atoms with Gasteiger partial charge in [0.25, 0.3) is 0 Å². The lowest BCUT2D eigenvalue weighted by molar-refractivity contribution is 0.183. The van der Waals surface area contributed by atoms with Crippen molar-refractivity contribution >= 4 is 7.28 Å². The molecule has 0 aliphatic carbocycles. The van der Waals surface area contributed by atoms with Crippen LogP contribution in [0.5, 0.6) is 0 Å². The molecule has 1 heterocycles. The number of hydrogen-bond donors (Lipinski definition) is 1. The van der Waals surface area contributed by atoms with Crippen LogP contribution in [0.2, 0.25) is 12.6 Å². The predicted molar refractivity (Wildman–Crippen MR) is 35.2 cm³/mol. The van der Waals surface area contributed by atoms with Crippen molar-refractivity contribution in [2.45, 2.75) is 38.0 Å². The van der Waals surface area contributed by atoms with E-state index in [9.17, 15) is 0 Å². The average Bonchev–Trinajstić information content (AvgIpc) is 1.94. The summed E-state index contributed by atoms with van der Waals surface area (Å²) in [4.78, 5) is 0. The van der Waals surface area contributed by atoms with Gasteiger partial charge in [0, 0.05) is 6.10 Å². The van der Waals surface area contributed by atoms with Crippen molar-refractivity contribution in [3.05, 3.63) is 0 Å². The molecule has 0 saturated carbocycles. The zero-order valence-electron chi connectivity index (χ0n) is 5.14. The van der Waals surface area contributed by atoms with E-state index in [0.717, 1.165) is 12.7 Å². The van der Waals surface area contributed by atoms with Gasteiger partial charge >= 0.3 is 0 Å². The van der Waals surface area contributed by atoms with Gasteiger partial charge in [-0.05, 0) is 6.42 Å². The lowest BCUT2D eigenvalue weighted by Gasteiger charge is -2.01. The van der Waals surface area contributed by atoms with Gasteiger partial charge in [0.15, 0.2) is 0 Å². The molecule has 1 nitrogen and oxygen atoms in total. The fourth-order valence-corrected chi connectivity index (χ4v) is 1.10. The largest absolute Gasteiger partial charge is 0.394 e. The molecule has 8 heavy (non-hydrogen) atoms. The third-order valence-corrected chi connectivity index (χ3v) is 1.63. The standard InChI is InChI=1S/C6H12BO/c8-6-3-1-2-4-7-5-6/h6,8H,1-5H2. The van der Waals surface area contributed by atoms with Crippen molar-refractivity contribution in [3.63, 3.8) is 0 Å². The Bertz CT molecular complexity index is 57.5. The van der Waals surface area contributed by atoms with Gasteiger partial charge in [0.05, 0.1) is 0 Å². The number of rotatable bonds is 0. The van der Waals surface area contributed by atoms with Crippen LogP contribution >= 0.6 is 0 Å². The SMILES string of the molecule is OC1C[B]CCCC1. The summed E-state index contributed by atoms with van der Waals surface area (Å²) in [5, 5.41) is 9.06. The molecule has 1 atom stereocenters. The molecule has 1 saturated heterocycles. The molecule has 1 aliphatic heterocycles. The van der Waals surface area contributed by atoms with E-state index in [1.165, 1.54) is 19.2 Å². The molecular weight excluding hydrogens is 98.9 g/mol. The second-order valence-corrected chi connectivity index (χ2v) is 2.46. The van der Waals surface area contributed by atoms with Gasteiger partial charge in [0.1, 0.15) is 7.28 Å². The van der Waals surface area contributed by atoms with E-state index in [1.807, 2.05) is 0 Å². The molecule has 1 aliphatic rings. The number of aliphatic hydroxyl groups is 1. The van der Waals surface area contributed by atoms with E-state index >= 15 is 0 Å². The van der Waals surface area contributed by atoms with Crippen LogP contribution in [0.25, 0.3) is 0 Å². The van der Waals surface area contributed by atoms with Crippen molar-refractivity contribution in [2.24, 2.45) is 0 Å². The average molecular weight is 111 g/mol. The van der Waals surface area contributed by atoms with Gasteiger partial charge in [-0.25, -0.2) is 0 Å². The molecule has 0 spiro atoms. The van der Waals surface area contributed by atoms with Crippen molar-refractivity contribution in [1.29, 1.82) is 0 Å². The summed E-state index contributed by atoms with van der Waals surface area (Å²) in [5.41, 5.74) is 0.